The van der Waals surface area contributed by atoms with Crippen LogP contribution in [0.3, 0.4) is 0 Å². The number of carbonyl (C=O) groups excluding carboxylic acids is 1. The van der Waals surface area contributed by atoms with Gasteiger partial charge in [0, 0.05) is 4.88 Å². The summed E-state index contributed by atoms with van der Waals surface area (Å²) in [7, 11) is 0. The van der Waals surface area contributed by atoms with Crippen molar-refractivity contribution in [2.75, 3.05) is 5.32 Å². The molecule has 15 heavy (non-hydrogen) atoms. The van der Waals surface area contributed by atoms with Crippen LogP contribution in [0.25, 0.3) is 0 Å². The molecule has 1 radical (unpaired) electrons. The van der Waals surface area contributed by atoms with Crippen molar-refractivity contribution in [1.29, 1.82) is 0 Å². The van der Waals surface area contributed by atoms with E-state index < -0.39 is 11.7 Å². The third-order valence-electron chi connectivity index (χ3n) is 1.50. The SMILES string of the molecule is [CH2]c1nc(NC(=O)OC(C)(C)C)sc1C. The Morgan fingerprint density at radius 2 is 2.13 bits per heavy atom. The number of carbonyl (C=O) groups is 1. The van der Waals surface area contributed by atoms with E-state index in [0.717, 1.165) is 4.88 Å². The molecule has 0 bridgehead atoms. The van der Waals surface area contributed by atoms with Crippen LogP contribution < -0.4 is 5.32 Å². The largest absolute Gasteiger partial charge is 0.444 e. The number of hydrogen-bond donors (Lipinski definition) is 1. The fraction of sp³-hybridized carbons (Fsp3) is 0.500. The molecular weight excluding hydrogens is 212 g/mol. The van der Waals surface area contributed by atoms with Crippen LogP contribution in [0.4, 0.5) is 9.93 Å². The predicted octanol–water partition coefficient (Wildman–Crippen LogP) is 2.98. The first-order chi connectivity index (χ1) is 6.78. The van der Waals surface area contributed by atoms with Gasteiger partial charge in [-0.3, -0.25) is 5.32 Å². The van der Waals surface area contributed by atoms with Gasteiger partial charge >= 0.3 is 6.09 Å². The van der Waals surface area contributed by atoms with E-state index in [9.17, 15) is 4.79 Å². The molecule has 1 amide bonds. The third-order valence-corrected chi connectivity index (χ3v) is 2.43. The van der Waals surface area contributed by atoms with Crippen molar-refractivity contribution in [3.63, 3.8) is 0 Å². The van der Waals surface area contributed by atoms with Crippen molar-refractivity contribution in [2.24, 2.45) is 0 Å². The maximum Gasteiger partial charge on any atom is 0.413 e. The zero-order valence-corrected chi connectivity index (χ0v) is 10.2. The topological polar surface area (TPSA) is 51.2 Å². The number of amides is 1. The van der Waals surface area contributed by atoms with E-state index in [4.69, 9.17) is 4.74 Å². The molecular formula is C10H15N2O2S. The minimum absolute atomic E-state index is 0.490. The van der Waals surface area contributed by atoms with Crippen LogP contribution in [-0.4, -0.2) is 16.7 Å². The molecule has 0 aliphatic carbocycles. The number of anilines is 1. The number of nitrogens with one attached hydrogen (secondary N) is 1. The summed E-state index contributed by atoms with van der Waals surface area (Å²) in [5.41, 5.74) is 0.190. The van der Waals surface area contributed by atoms with Crippen molar-refractivity contribution in [3.05, 3.63) is 17.5 Å². The second kappa shape index (κ2) is 4.18. The van der Waals surface area contributed by atoms with E-state index in [1.807, 2.05) is 27.7 Å². The molecule has 0 aliphatic rings. The van der Waals surface area contributed by atoms with Gasteiger partial charge < -0.3 is 4.74 Å². The summed E-state index contributed by atoms with van der Waals surface area (Å²) in [6.45, 7) is 11.1. The van der Waals surface area contributed by atoms with Crippen LogP contribution in [0, 0.1) is 13.8 Å². The Labute approximate surface area is 93.7 Å². The molecule has 0 atom stereocenters. The highest BCUT2D eigenvalue weighted by Crippen LogP contribution is 2.21. The maximum absolute atomic E-state index is 11.4. The lowest BCUT2D eigenvalue weighted by Crippen LogP contribution is -2.27. The fourth-order valence-electron chi connectivity index (χ4n) is 0.872. The standard InChI is InChI=1S/C10H15N2O2S/c1-6-7(2)15-8(11-6)12-9(13)14-10(3,4)5/h1H2,2-5H3,(H,11,12,13). The zero-order valence-electron chi connectivity index (χ0n) is 9.38. The van der Waals surface area contributed by atoms with Crippen molar-refractivity contribution in [3.8, 4) is 0 Å². The Morgan fingerprint density at radius 1 is 1.53 bits per heavy atom. The summed E-state index contributed by atoms with van der Waals surface area (Å²) < 4.78 is 5.09. The molecule has 0 saturated heterocycles. The molecule has 1 heterocycles. The fourth-order valence-corrected chi connectivity index (χ4v) is 1.62. The second-order valence-corrected chi connectivity index (χ2v) is 5.35. The Morgan fingerprint density at radius 3 is 2.53 bits per heavy atom. The predicted molar refractivity (Wildman–Crippen MR) is 61.2 cm³/mol. The van der Waals surface area contributed by atoms with Crippen LogP contribution in [-0.2, 0) is 4.74 Å². The Bertz CT molecular complexity index is 346. The summed E-state index contributed by atoms with van der Waals surface area (Å²) in [5, 5.41) is 3.09. The number of thiazole rings is 1. The van der Waals surface area contributed by atoms with Gasteiger partial charge in [0.05, 0.1) is 5.69 Å². The summed E-state index contributed by atoms with van der Waals surface area (Å²) in [5.74, 6) is 0. The maximum atomic E-state index is 11.4. The van der Waals surface area contributed by atoms with E-state index in [2.05, 4.69) is 17.2 Å². The van der Waals surface area contributed by atoms with Crippen LogP contribution >= 0.6 is 11.3 Å². The van der Waals surface area contributed by atoms with E-state index in [0.29, 0.717) is 10.8 Å². The average molecular weight is 227 g/mol. The average Bonchev–Trinajstić information content (AvgIpc) is 2.26. The van der Waals surface area contributed by atoms with Gasteiger partial charge in [-0.1, -0.05) is 0 Å². The molecule has 1 rings (SSSR count). The summed E-state index contributed by atoms with van der Waals surface area (Å²) in [4.78, 5) is 16.4. The van der Waals surface area contributed by atoms with Crippen LogP contribution in [0.5, 0.6) is 0 Å². The van der Waals surface area contributed by atoms with E-state index >= 15 is 0 Å². The molecule has 1 aromatic rings. The summed E-state index contributed by atoms with van der Waals surface area (Å²) in [6, 6.07) is 0. The molecule has 0 fully saturated rings. The molecule has 5 heteroatoms. The van der Waals surface area contributed by atoms with E-state index in [1.54, 1.807) is 0 Å². The highest BCUT2D eigenvalue weighted by molar-refractivity contribution is 7.15. The lowest BCUT2D eigenvalue weighted by atomic mass is 10.2. The summed E-state index contributed by atoms with van der Waals surface area (Å²) >= 11 is 1.38. The van der Waals surface area contributed by atoms with Gasteiger partial charge in [0.25, 0.3) is 0 Å². The van der Waals surface area contributed by atoms with Crippen LogP contribution in [0.1, 0.15) is 31.3 Å². The van der Waals surface area contributed by atoms with Gasteiger partial charge in [0.15, 0.2) is 5.13 Å². The molecule has 0 saturated carbocycles. The number of nitrogens with zero attached hydrogens (tertiary/aromatic N) is 1. The molecule has 0 unspecified atom stereocenters. The monoisotopic (exact) mass is 227 g/mol. The van der Waals surface area contributed by atoms with Crippen molar-refractivity contribution < 1.29 is 9.53 Å². The number of ether oxygens (including phenoxy) is 1. The first kappa shape index (κ1) is 12.0. The molecule has 0 aromatic carbocycles. The van der Waals surface area contributed by atoms with Crippen molar-refractivity contribution in [1.82, 2.24) is 4.98 Å². The highest BCUT2D eigenvalue weighted by Gasteiger charge is 2.17. The number of hydrogen-bond acceptors (Lipinski definition) is 4. The van der Waals surface area contributed by atoms with Gasteiger partial charge in [0.1, 0.15) is 5.60 Å². The van der Waals surface area contributed by atoms with Crippen molar-refractivity contribution in [2.45, 2.75) is 33.3 Å². The minimum atomic E-state index is -0.496. The smallest absolute Gasteiger partial charge is 0.413 e. The van der Waals surface area contributed by atoms with Gasteiger partial charge in [-0.05, 0) is 34.6 Å². The molecule has 83 valence electrons. The molecule has 4 nitrogen and oxygen atoms in total. The van der Waals surface area contributed by atoms with Crippen molar-refractivity contribution >= 4 is 22.6 Å². The second-order valence-electron chi connectivity index (χ2n) is 4.15. The molecule has 1 aromatic heterocycles. The number of aryl methyl sites for hydroxylation is 1. The normalized spacial score (nSPS) is 11.3. The zero-order chi connectivity index (χ0) is 11.6. The Kier molecular flexibility index (Phi) is 3.34. The van der Waals surface area contributed by atoms with Gasteiger partial charge in [0.2, 0.25) is 0 Å². The van der Waals surface area contributed by atoms with Crippen LogP contribution in [0.2, 0.25) is 0 Å². The Hall–Kier alpha value is -1.10. The molecule has 1 N–H and O–H groups in total. The first-order valence-electron chi connectivity index (χ1n) is 4.57. The third kappa shape index (κ3) is 3.87. The van der Waals surface area contributed by atoms with E-state index in [-0.39, 0.29) is 0 Å². The van der Waals surface area contributed by atoms with Gasteiger partial charge in [-0.25, -0.2) is 9.78 Å². The first-order valence-corrected chi connectivity index (χ1v) is 5.39. The quantitative estimate of drug-likeness (QED) is 0.802. The number of rotatable bonds is 1. The van der Waals surface area contributed by atoms with Crippen LogP contribution in [0.15, 0.2) is 0 Å². The number of aromatic nitrogens is 1. The minimum Gasteiger partial charge on any atom is -0.444 e. The Balaban J connectivity index is 2.59. The van der Waals surface area contributed by atoms with E-state index in [1.165, 1.54) is 11.3 Å². The van der Waals surface area contributed by atoms with Gasteiger partial charge in [-0.2, -0.15) is 0 Å². The van der Waals surface area contributed by atoms with Gasteiger partial charge in [-0.15, -0.1) is 11.3 Å². The lowest BCUT2D eigenvalue weighted by molar-refractivity contribution is 0.0636. The highest BCUT2D eigenvalue weighted by atomic mass is 32.1. The lowest BCUT2D eigenvalue weighted by Gasteiger charge is -2.18. The molecule has 0 spiro atoms. The summed E-state index contributed by atoms with van der Waals surface area (Å²) in [6.07, 6.45) is -0.490. The molecule has 0 aliphatic heterocycles.